The summed E-state index contributed by atoms with van der Waals surface area (Å²) < 4.78 is 19.6. The van der Waals surface area contributed by atoms with Crippen molar-refractivity contribution in [1.82, 2.24) is 0 Å². The molecule has 0 bridgehead atoms. The number of benzene rings is 1. The van der Waals surface area contributed by atoms with E-state index in [1.807, 2.05) is 6.92 Å². The number of ether oxygens (including phenoxy) is 1. The summed E-state index contributed by atoms with van der Waals surface area (Å²) in [7, 11) is 0. The Balaban J connectivity index is 2.90. The van der Waals surface area contributed by atoms with Gasteiger partial charge in [0.05, 0.1) is 11.3 Å². The second-order valence-corrected chi connectivity index (χ2v) is 6.40. The fourth-order valence-corrected chi connectivity index (χ4v) is 2.27. The quantitative estimate of drug-likeness (QED) is 0.214. The fourth-order valence-electron chi connectivity index (χ4n) is 2.16. The minimum absolute atomic E-state index is 0.00689. The van der Waals surface area contributed by atoms with Crippen molar-refractivity contribution in [2.24, 2.45) is 0 Å². The number of para-hydroxylation sites is 1. The summed E-state index contributed by atoms with van der Waals surface area (Å²) in [6.07, 6.45) is 7.92. The lowest BCUT2D eigenvalue weighted by atomic mass is 10.0. The van der Waals surface area contributed by atoms with Gasteiger partial charge in [-0.15, -0.1) is 5.12 Å². The lowest BCUT2D eigenvalue weighted by Gasteiger charge is -2.16. The highest BCUT2D eigenvalue weighted by atomic mass is 35.5. The van der Waals surface area contributed by atoms with E-state index < -0.39 is 18.3 Å². The molecule has 0 aromatic heterocycles. The van der Waals surface area contributed by atoms with Crippen molar-refractivity contribution in [3.63, 3.8) is 0 Å². The van der Waals surface area contributed by atoms with E-state index in [4.69, 9.17) is 16.3 Å². The average Bonchev–Trinajstić information content (AvgIpc) is 2.69. The highest BCUT2D eigenvalue weighted by molar-refractivity contribution is 6.31. The first-order valence-corrected chi connectivity index (χ1v) is 9.02. The van der Waals surface area contributed by atoms with Crippen LogP contribution < -0.4 is 5.12 Å². The first-order chi connectivity index (χ1) is 13.7. The molecule has 6 heteroatoms. The molecule has 0 atom stereocenters. The van der Waals surface area contributed by atoms with Crippen LogP contribution in [0.2, 0.25) is 0 Å². The molecule has 0 fully saturated rings. The number of anilines is 1. The van der Waals surface area contributed by atoms with Crippen molar-refractivity contribution in [2.45, 2.75) is 13.8 Å². The Hall–Kier alpha value is -3.18. The first kappa shape index (κ1) is 23.9. The molecule has 29 heavy (non-hydrogen) atoms. The summed E-state index contributed by atoms with van der Waals surface area (Å²) in [6, 6.07) is 6.48. The molecule has 0 aliphatic carbocycles. The maximum Gasteiger partial charge on any atom is 0.292 e. The van der Waals surface area contributed by atoms with E-state index in [1.165, 1.54) is 18.2 Å². The Kier molecular flexibility index (Phi) is 9.56. The van der Waals surface area contributed by atoms with Crippen LogP contribution in [-0.2, 0) is 14.3 Å². The number of aryl methyl sites for hydroxylation is 1. The number of nitrogens with zero attached hydrogens (tertiary/aromatic N) is 1. The molecule has 0 spiro atoms. The van der Waals surface area contributed by atoms with Gasteiger partial charge in [-0.3, -0.25) is 9.59 Å². The third-order valence-corrected chi connectivity index (χ3v) is 3.76. The van der Waals surface area contributed by atoms with Crippen LogP contribution in [0.15, 0.2) is 96.3 Å². The Morgan fingerprint density at radius 2 is 1.86 bits per heavy atom. The zero-order valence-corrected chi connectivity index (χ0v) is 17.2. The molecule has 0 saturated carbocycles. The van der Waals surface area contributed by atoms with Gasteiger partial charge in [0.15, 0.2) is 12.4 Å². The van der Waals surface area contributed by atoms with Crippen LogP contribution in [0.25, 0.3) is 0 Å². The molecular weight excluding hydrogens is 393 g/mol. The predicted octanol–water partition coefficient (Wildman–Crippen LogP) is 5.68. The van der Waals surface area contributed by atoms with Crippen LogP contribution in [0.3, 0.4) is 0 Å². The smallest absolute Gasteiger partial charge is 0.292 e. The number of amides is 1. The van der Waals surface area contributed by atoms with Gasteiger partial charge in [0.2, 0.25) is 0 Å². The summed E-state index contributed by atoms with van der Waals surface area (Å²) in [5.41, 5.74) is 0.806. The second-order valence-electron chi connectivity index (χ2n) is 5.92. The predicted molar refractivity (Wildman–Crippen MR) is 116 cm³/mol. The maximum atomic E-state index is 14.3. The van der Waals surface area contributed by atoms with Gasteiger partial charge in [0, 0.05) is 10.6 Å². The van der Waals surface area contributed by atoms with Crippen LogP contribution >= 0.6 is 11.6 Å². The van der Waals surface area contributed by atoms with E-state index in [0.717, 1.165) is 0 Å². The molecule has 1 amide bonds. The summed E-state index contributed by atoms with van der Waals surface area (Å²) in [5.74, 6) is -1.62. The van der Waals surface area contributed by atoms with Gasteiger partial charge < -0.3 is 4.74 Å². The fraction of sp³-hybridized carbons (Fsp3) is 0.130. The molecule has 0 heterocycles. The Morgan fingerprint density at radius 3 is 2.45 bits per heavy atom. The van der Waals surface area contributed by atoms with Crippen molar-refractivity contribution < 1.29 is 18.8 Å². The number of ketones is 1. The largest absolute Gasteiger partial charge is 0.484 e. The Labute approximate surface area is 175 Å². The molecule has 0 aliphatic rings. The van der Waals surface area contributed by atoms with Crippen molar-refractivity contribution in [3.05, 3.63) is 102 Å². The SMILES string of the molecule is C=C(Cl)/C=C(\C(=C)OCC(=O)N(F)c1ccccc1C)C(=O)C(=C)/C=C\C=C/C. The molecule has 4 nitrogen and oxygen atoms in total. The molecule has 0 aliphatic heterocycles. The van der Waals surface area contributed by atoms with Crippen LogP contribution in [0.5, 0.6) is 0 Å². The van der Waals surface area contributed by atoms with E-state index in [-0.39, 0.29) is 32.7 Å². The van der Waals surface area contributed by atoms with Crippen LogP contribution in [0.1, 0.15) is 12.5 Å². The summed E-state index contributed by atoms with van der Waals surface area (Å²) in [6.45, 7) is 13.7. The summed E-state index contributed by atoms with van der Waals surface area (Å²) in [4.78, 5) is 24.7. The number of Topliss-reactive ketones (excluding diaryl/α,β-unsaturated/α-hetero) is 1. The third-order valence-electron chi connectivity index (χ3n) is 3.65. The maximum absolute atomic E-state index is 14.3. The van der Waals surface area contributed by atoms with E-state index >= 15 is 0 Å². The summed E-state index contributed by atoms with van der Waals surface area (Å²) >= 11 is 5.79. The lowest BCUT2D eigenvalue weighted by Crippen LogP contribution is -2.27. The molecule has 1 aromatic rings. The molecule has 0 saturated heterocycles. The minimum atomic E-state index is -0.955. The monoisotopic (exact) mass is 415 g/mol. The number of carbonyl (C=O) groups excluding carboxylic acids is 2. The number of carbonyl (C=O) groups is 2. The van der Waals surface area contributed by atoms with Crippen LogP contribution in [-0.4, -0.2) is 18.3 Å². The average molecular weight is 416 g/mol. The van der Waals surface area contributed by atoms with Crippen molar-refractivity contribution in [3.8, 4) is 0 Å². The van der Waals surface area contributed by atoms with Gasteiger partial charge in [-0.2, -0.15) is 0 Å². The zero-order valence-electron chi connectivity index (χ0n) is 16.5. The summed E-state index contributed by atoms with van der Waals surface area (Å²) in [5, 5.41) is 0.0502. The molecule has 1 rings (SSSR count). The zero-order chi connectivity index (χ0) is 22.0. The number of hydrogen-bond donors (Lipinski definition) is 0. The van der Waals surface area contributed by atoms with Crippen molar-refractivity contribution >= 4 is 29.0 Å². The number of rotatable bonds is 10. The van der Waals surface area contributed by atoms with E-state index in [9.17, 15) is 14.1 Å². The second kappa shape index (κ2) is 11.6. The van der Waals surface area contributed by atoms with Crippen LogP contribution in [0.4, 0.5) is 10.2 Å². The van der Waals surface area contributed by atoms with E-state index in [2.05, 4.69) is 19.7 Å². The number of halogens is 2. The van der Waals surface area contributed by atoms with Gasteiger partial charge in [0.25, 0.3) is 5.91 Å². The normalized spacial score (nSPS) is 11.5. The highest BCUT2D eigenvalue weighted by Crippen LogP contribution is 2.22. The van der Waals surface area contributed by atoms with E-state index in [1.54, 1.807) is 43.4 Å². The minimum Gasteiger partial charge on any atom is -0.484 e. The van der Waals surface area contributed by atoms with Gasteiger partial charge in [-0.25, -0.2) is 0 Å². The molecule has 0 unspecified atom stereocenters. The molecule has 152 valence electrons. The molecule has 0 radical (unpaired) electrons. The molecule has 1 aromatic carbocycles. The van der Waals surface area contributed by atoms with Crippen molar-refractivity contribution in [2.75, 3.05) is 11.7 Å². The third kappa shape index (κ3) is 7.39. The first-order valence-electron chi connectivity index (χ1n) is 8.64. The molecular formula is C23H23ClFNO3. The van der Waals surface area contributed by atoms with Gasteiger partial charge in [-0.1, -0.05) is 78.3 Å². The van der Waals surface area contributed by atoms with Crippen LogP contribution in [0, 0.1) is 6.92 Å². The van der Waals surface area contributed by atoms with Gasteiger partial charge in [-0.05, 0) is 31.6 Å². The topological polar surface area (TPSA) is 46.6 Å². The van der Waals surface area contributed by atoms with E-state index in [0.29, 0.717) is 5.56 Å². The Bertz CT molecular complexity index is 912. The number of allylic oxidation sites excluding steroid dienone is 8. The Morgan fingerprint density at radius 1 is 1.21 bits per heavy atom. The standard InChI is InChI=1S/C23H23ClFNO3/c1-6-7-8-12-17(3)23(28)20(14-18(4)24)19(5)29-15-22(27)26(25)21-13-10-9-11-16(21)2/h6-14H,3-5,15H2,1-2H3/b7-6-,12-8-,20-14+. The molecule has 0 N–H and O–H groups in total. The highest BCUT2D eigenvalue weighted by Gasteiger charge is 2.21. The number of hydrogen-bond acceptors (Lipinski definition) is 3. The van der Waals surface area contributed by atoms with Gasteiger partial charge in [0.1, 0.15) is 5.76 Å². The van der Waals surface area contributed by atoms with Gasteiger partial charge >= 0.3 is 0 Å². The van der Waals surface area contributed by atoms with Crippen molar-refractivity contribution in [1.29, 1.82) is 0 Å². The lowest BCUT2D eigenvalue weighted by molar-refractivity contribution is -0.124.